The minimum Gasteiger partial charge on any atom is -0.489 e. The SMILES string of the molecule is Cc1cnc(C(=O)N[C@H]2COc3cc(C#N)ccc3N(C)C2=O)nc1N1CCN(C)CC1. The quantitative estimate of drug-likeness (QED) is 0.744. The molecule has 2 aliphatic rings. The first-order valence-corrected chi connectivity index (χ1v) is 10.4. The fourth-order valence-electron chi connectivity index (χ4n) is 3.78. The van der Waals surface area contributed by atoms with Crippen LogP contribution in [0.4, 0.5) is 11.5 Å². The lowest BCUT2D eigenvalue weighted by Crippen LogP contribution is -2.49. The van der Waals surface area contributed by atoms with Gasteiger partial charge in [-0.1, -0.05) is 0 Å². The second-order valence-electron chi connectivity index (χ2n) is 8.02. The van der Waals surface area contributed by atoms with Crippen molar-refractivity contribution in [3.05, 3.63) is 41.3 Å². The first kappa shape index (κ1) is 21.5. The maximum Gasteiger partial charge on any atom is 0.289 e. The highest BCUT2D eigenvalue weighted by atomic mass is 16.5. The Hall–Kier alpha value is -3.71. The van der Waals surface area contributed by atoms with Gasteiger partial charge in [0.2, 0.25) is 5.82 Å². The van der Waals surface area contributed by atoms with Crippen LogP contribution in [0, 0.1) is 18.3 Å². The van der Waals surface area contributed by atoms with Crippen LogP contribution in [0.3, 0.4) is 0 Å². The standard InChI is InChI=1S/C22H25N7O3/c1-14-12-24-19(26-20(14)29-8-6-27(2)7-9-29)21(30)25-16-13-32-18-10-15(11-23)4-5-17(18)28(3)22(16)31/h4-5,10,12,16H,6-9,13H2,1-3H3,(H,25,30)/t16-/m0/s1. The Balaban J connectivity index is 1.51. The van der Waals surface area contributed by atoms with Gasteiger partial charge in [0, 0.05) is 51.1 Å². The number of benzene rings is 1. The Morgan fingerprint density at radius 1 is 1.25 bits per heavy atom. The summed E-state index contributed by atoms with van der Waals surface area (Å²) in [5.41, 5.74) is 1.86. The summed E-state index contributed by atoms with van der Waals surface area (Å²) in [5.74, 6) is 0.289. The summed E-state index contributed by atoms with van der Waals surface area (Å²) in [6, 6.07) is 5.99. The minimum atomic E-state index is -0.914. The third-order valence-corrected chi connectivity index (χ3v) is 5.74. The molecule has 1 atom stereocenters. The molecule has 2 amide bonds. The maximum absolute atomic E-state index is 12.9. The largest absolute Gasteiger partial charge is 0.489 e. The molecule has 3 heterocycles. The predicted octanol–water partition coefficient (Wildman–Crippen LogP) is 0.562. The summed E-state index contributed by atoms with van der Waals surface area (Å²) < 4.78 is 5.75. The van der Waals surface area contributed by atoms with Crippen molar-refractivity contribution >= 4 is 23.3 Å². The molecule has 0 spiro atoms. The van der Waals surface area contributed by atoms with Crippen LogP contribution in [0.1, 0.15) is 21.7 Å². The van der Waals surface area contributed by atoms with Crippen LogP contribution in [-0.2, 0) is 4.79 Å². The molecule has 0 bridgehead atoms. The summed E-state index contributed by atoms with van der Waals surface area (Å²) in [6.45, 7) is 5.32. The highest BCUT2D eigenvalue weighted by Gasteiger charge is 2.32. The van der Waals surface area contributed by atoms with Gasteiger partial charge in [0.15, 0.2) is 0 Å². The van der Waals surface area contributed by atoms with Crippen LogP contribution in [0.5, 0.6) is 5.75 Å². The second-order valence-corrected chi connectivity index (χ2v) is 8.02. The normalized spacial score (nSPS) is 18.9. The maximum atomic E-state index is 12.9. The molecule has 1 aromatic heterocycles. The molecule has 1 aromatic carbocycles. The summed E-state index contributed by atoms with van der Waals surface area (Å²) in [4.78, 5) is 40.3. The molecule has 2 aromatic rings. The van der Waals surface area contributed by atoms with Crippen molar-refractivity contribution in [3.8, 4) is 11.8 Å². The van der Waals surface area contributed by atoms with Gasteiger partial charge in [-0.25, -0.2) is 9.97 Å². The number of amides is 2. The number of fused-ring (bicyclic) bond motifs is 1. The van der Waals surface area contributed by atoms with Gasteiger partial charge in [-0.3, -0.25) is 9.59 Å². The van der Waals surface area contributed by atoms with Crippen LogP contribution in [0.15, 0.2) is 24.4 Å². The summed E-state index contributed by atoms with van der Waals surface area (Å²) >= 11 is 0. The molecular weight excluding hydrogens is 410 g/mol. The van der Waals surface area contributed by atoms with Crippen molar-refractivity contribution < 1.29 is 14.3 Å². The second kappa shape index (κ2) is 8.80. The van der Waals surface area contributed by atoms with E-state index in [1.807, 2.05) is 6.92 Å². The molecule has 32 heavy (non-hydrogen) atoms. The van der Waals surface area contributed by atoms with Crippen LogP contribution in [0.25, 0.3) is 0 Å². The molecule has 1 fully saturated rings. The number of likely N-dealkylation sites (N-methyl/N-ethyl adjacent to an activating group) is 2. The lowest BCUT2D eigenvalue weighted by molar-refractivity contribution is -0.120. The summed E-state index contributed by atoms with van der Waals surface area (Å²) in [5, 5.41) is 11.8. The number of piperazine rings is 1. The molecule has 0 saturated carbocycles. The lowest BCUT2D eigenvalue weighted by atomic mass is 10.2. The van der Waals surface area contributed by atoms with E-state index in [0.717, 1.165) is 37.6 Å². The monoisotopic (exact) mass is 435 g/mol. The van der Waals surface area contributed by atoms with E-state index in [2.05, 4.69) is 38.2 Å². The third-order valence-electron chi connectivity index (χ3n) is 5.74. The van der Waals surface area contributed by atoms with Gasteiger partial charge in [0.25, 0.3) is 11.8 Å². The van der Waals surface area contributed by atoms with E-state index < -0.39 is 11.9 Å². The van der Waals surface area contributed by atoms with Gasteiger partial charge in [0.05, 0.1) is 17.3 Å². The number of aryl methyl sites for hydroxylation is 1. The van der Waals surface area contributed by atoms with Crippen molar-refractivity contribution in [1.82, 2.24) is 20.2 Å². The van der Waals surface area contributed by atoms with Crippen molar-refractivity contribution in [2.24, 2.45) is 0 Å². The van der Waals surface area contributed by atoms with E-state index in [1.54, 1.807) is 31.4 Å². The number of carbonyl (C=O) groups excluding carboxylic acids is 2. The van der Waals surface area contributed by atoms with Crippen molar-refractivity contribution in [2.45, 2.75) is 13.0 Å². The van der Waals surface area contributed by atoms with E-state index in [1.165, 1.54) is 4.90 Å². The molecule has 10 heteroatoms. The number of aromatic nitrogens is 2. The zero-order valence-electron chi connectivity index (χ0n) is 18.3. The molecule has 2 aliphatic heterocycles. The van der Waals surface area contributed by atoms with Gasteiger partial charge in [-0.15, -0.1) is 0 Å². The van der Waals surface area contributed by atoms with Crippen LogP contribution in [-0.4, -0.2) is 79.6 Å². The summed E-state index contributed by atoms with van der Waals surface area (Å²) in [6.07, 6.45) is 1.63. The van der Waals surface area contributed by atoms with Crippen LogP contribution >= 0.6 is 0 Å². The number of hydrogen-bond donors (Lipinski definition) is 1. The number of carbonyl (C=O) groups is 2. The molecule has 1 saturated heterocycles. The Bertz CT molecular complexity index is 1090. The molecule has 0 radical (unpaired) electrons. The number of nitrogens with one attached hydrogen (secondary N) is 1. The fourth-order valence-corrected chi connectivity index (χ4v) is 3.78. The number of rotatable bonds is 3. The van der Waals surface area contributed by atoms with E-state index in [-0.39, 0.29) is 18.3 Å². The molecular formula is C22H25N7O3. The van der Waals surface area contributed by atoms with E-state index in [9.17, 15) is 9.59 Å². The van der Waals surface area contributed by atoms with Gasteiger partial charge < -0.3 is 24.8 Å². The number of anilines is 2. The minimum absolute atomic E-state index is 0.00788. The van der Waals surface area contributed by atoms with E-state index in [4.69, 9.17) is 10.00 Å². The predicted molar refractivity (Wildman–Crippen MR) is 118 cm³/mol. The fraction of sp³-hybridized carbons (Fsp3) is 0.409. The number of hydrogen-bond acceptors (Lipinski definition) is 8. The number of ether oxygens (including phenoxy) is 1. The molecule has 4 rings (SSSR count). The van der Waals surface area contributed by atoms with Crippen molar-refractivity contribution in [2.75, 3.05) is 56.7 Å². The van der Waals surface area contributed by atoms with Crippen molar-refractivity contribution in [1.29, 1.82) is 5.26 Å². The van der Waals surface area contributed by atoms with E-state index in [0.29, 0.717) is 17.0 Å². The number of nitriles is 1. The van der Waals surface area contributed by atoms with Gasteiger partial charge in [0.1, 0.15) is 24.2 Å². The zero-order valence-corrected chi connectivity index (χ0v) is 18.3. The Morgan fingerprint density at radius 3 is 2.72 bits per heavy atom. The Kier molecular flexibility index (Phi) is 5.92. The molecule has 1 N–H and O–H groups in total. The third kappa shape index (κ3) is 4.20. The topological polar surface area (TPSA) is 115 Å². The Labute approximate surface area is 186 Å². The van der Waals surface area contributed by atoms with Crippen LogP contribution < -0.4 is 19.9 Å². The molecule has 166 valence electrons. The van der Waals surface area contributed by atoms with Crippen molar-refractivity contribution in [3.63, 3.8) is 0 Å². The molecule has 10 nitrogen and oxygen atoms in total. The molecule has 0 aliphatic carbocycles. The smallest absolute Gasteiger partial charge is 0.289 e. The van der Waals surface area contributed by atoms with Gasteiger partial charge in [-0.05, 0) is 26.1 Å². The summed E-state index contributed by atoms with van der Waals surface area (Å²) in [7, 11) is 3.68. The average molecular weight is 435 g/mol. The first-order valence-electron chi connectivity index (χ1n) is 10.4. The first-order chi connectivity index (χ1) is 15.4. The van der Waals surface area contributed by atoms with Crippen LogP contribution in [0.2, 0.25) is 0 Å². The highest BCUT2D eigenvalue weighted by molar-refractivity contribution is 6.02. The Morgan fingerprint density at radius 2 is 2.00 bits per heavy atom. The van der Waals surface area contributed by atoms with E-state index >= 15 is 0 Å². The van der Waals surface area contributed by atoms with Gasteiger partial charge in [-0.2, -0.15) is 5.26 Å². The number of nitrogens with zero attached hydrogens (tertiary/aromatic N) is 6. The average Bonchev–Trinajstić information content (AvgIpc) is 2.91. The lowest BCUT2D eigenvalue weighted by Gasteiger charge is -2.34. The zero-order chi connectivity index (χ0) is 22.8. The van der Waals surface area contributed by atoms with Gasteiger partial charge >= 0.3 is 0 Å². The molecule has 0 unspecified atom stereocenters. The highest BCUT2D eigenvalue weighted by Crippen LogP contribution is 2.31.